The molecule has 3 aromatic rings. The van der Waals surface area contributed by atoms with Crippen LogP contribution < -0.4 is 4.74 Å². The monoisotopic (exact) mass is 492 g/mol. The molecule has 0 aliphatic heterocycles. The van der Waals surface area contributed by atoms with Crippen molar-refractivity contribution in [1.29, 1.82) is 0 Å². The highest BCUT2D eigenvalue weighted by Crippen LogP contribution is 2.39. The van der Waals surface area contributed by atoms with E-state index in [0.717, 1.165) is 43.4 Å². The first kappa shape index (κ1) is 25.1. The summed E-state index contributed by atoms with van der Waals surface area (Å²) in [6, 6.07) is 11.0. The third kappa shape index (κ3) is 5.82. The SMILES string of the molecule is CCCCCc1ccc(C2CCc3c(cc(F)c(-c4ccc(OC(F)(F)F)cc4)c3F)C2)c(F)c1. The van der Waals surface area contributed by atoms with Crippen LogP contribution in [0.25, 0.3) is 11.1 Å². The number of ether oxygens (including phenoxy) is 1. The first-order valence-corrected chi connectivity index (χ1v) is 11.8. The summed E-state index contributed by atoms with van der Waals surface area (Å²) in [7, 11) is 0. The number of hydrogen-bond donors (Lipinski definition) is 0. The van der Waals surface area contributed by atoms with Crippen LogP contribution >= 0.6 is 0 Å². The minimum atomic E-state index is -4.85. The van der Waals surface area contributed by atoms with Crippen molar-refractivity contribution >= 4 is 0 Å². The van der Waals surface area contributed by atoms with E-state index in [1.807, 2.05) is 6.07 Å². The van der Waals surface area contributed by atoms with Gasteiger partial charge in [0.25, 0.3) is 0 Å². The fraction of sp³-hybridized carbons (Fsp3) is 0.357. The van der Waals surface area contributed by atoms with E-state index in [2.05, 4.69) is 11.7 Å². The molecule has 0 radical (unpaired) electrons. The molecule has 0 saturated heterocycles. The predicted octanol–water partition coefficient (Wildman–Crippen LogP) is 8.67. The van der Waals surface area contributed by atoms with Gasteiger partial charge in [0.1, 0.15) is 23.2 Å². The van der Waals surface area contributed by atoms with Crippen LogP contribution in [0.4, 0.5) is 26.3 Å². The molecular weight excluding hydrogens is 466 g/mol. The van der Waals surface area contributed by atoms with E-state index in [9.17, 15) is 22.0 Å². The second-order valence-electron chi connectivity index (χ2n) is 9.01. The van der Waals surface area contributed by atoms with Crippen molar-refractivity contribution in [2.45, 2.75) is 64.1 Å². The van der Waals surface area contributed by atoms with Gasteiger partial charge in [-0.15, -0.1) is 13.2 Å². The Bertz CT molecular complexity index is 1180. The van der Waals surface area contributed by atoms with E-state index in [1.165, 1.54) is 18.2 Å². The van der Waals surface area contributed by atoms with Gasteiger partial charge < -0.3 is 4.74 Å². The number of rotatable bonds is 7. The van der Waals surface area contributed by atoms with Crippen LogP contribution in [-0.4, -0.2) is 6.36 Å². The summed E-state index contributed by atoms with van der Waals surface area (Å²) in [5, 5.41) is 0. The van der Waals surface area contributed by atoms with Crippen LogP contribution in [0, 0.1) is 17.5 Å². The van der Waals surface area contributed by atoms with Crippen LogP contribution in [0.15, 0.2) is 48.5 Å². The van der Waals surface area contributed by atoms with E-state index in [0.29, 0.717) is 36.0 Å². The largest absolute Gasteiger partial charge is 0.573 e. The summed E-state index contributed by atoms with van der Waals surface area (Å²) in [6.07, 6.45) is 0.294. The lowest BCUT2D eigenvalue weighted by Crippen LogP contribution is -2.17. The van der Waals surface area contributed by atoms with E-state index in [-0.39, 0.29) is 22.9 Å². The van der Waals surface area contributed by atoms with Crippen LogP contribution in [-0.2, 0) is 19.3 Å². The van der Waals surface area contributed by atoms with Crippen molar-refractivity contribution in [3.8, 4) is 16.9 Å². The summed E-state index contributed by atoms with van der Waals surface area (Å²) in [4.78, 5) is 0. The molecular formula is C28H26F6O. The van der Waals surface area contributed by atoms with Crippen molar-refractivity contribution in [3.05, 3.63) is 88.2 Å². The zero-order valence-corrected chi connectivity index (χ0v) is 19.3. The molecule has 1 unspecified atom stereocenters. The second-order valence-corrected chi connectivity index (χ2v) is 9.01. The molecule has 1 atom stereocenters. The lowest BCUT2D eigenvalue weighted by atomic mass is 9.78. The molecule has 0 bridgehead atoms. The molecule has 0 aromatic heterocycles. The number of aryl methyl sites for hydroxylation is 1. The van der Waals surface area contributed by atoms with Crippen LogP contribution in [0.1, 0.15) is 60.8 Å². The highest BCUT2D eigenvalue weighted by atomic mass is 19.4. The van der Waals surface area contributed by atoms with Gasteiger partial charge in [-0.3, -0.25) is 0 Å². The van der Waals surface area contributed by atoms with Crippen LogP contribution in [0.3, 0.4) is 0 Å². The first-order valence-electron chi connectivity index (χ1n) is 11.8. The van der Waals surface area contributed by atoms with Gasteiger partial charge in [-0.1, -0.05) is 44.0 Å². The van der Waals surface area contributed by atoms with Crippen molar-refractivity contribution in [2.75, 3.05) is 0 Å². The molecule has 35 heavy (non-hydrogen) atoms. The number of alkyl halides is 3. The Hall–Kier alpha value is -2.96. The molecule has 0 fully saturated rings. The number of halogens is 6. The summed E-state index contributed by atoms with van der Waals surface area (Å²) < 4.78 is 86.2. The van der Waals surface area contributed by atoms with E-state index in [1.54, 1.807) is 12.1 Å². The molecule has 4 rings (SSSR count). The lowest BCUT2D eigenvalue weighted by molar-refractivity contribution is -0.274. The van der Waals surface area contributed by atoms with Crippen molar-refractivity contribution in [2.24, 2.45) is 0 Å². The van der Waals surface area contributed by atoms with E-state index >= 15 is 4.39 Å². The second kappa shape index (κ2) is 10.3. The normalized spacial score (nSPS) is 15.7. The van der Waals surface area contributed by atoms with E-state index in [4.69, 9.17) is 0 Å². The Morgan fingerprint density at radius 3 is 2.31 bits per heavy atom. The Labute approximate surface area is 200 Å². The molecule has 0 amide bonds. The maximum Gasteiger partial charge on any atom is 0.573 e. The van der Waals surface area contributed by atoms with E-state index < -0.39 is 23.7 Å². The maximum absolute atomic E-state index is 15.4. The van der Waals surface area contributed by atoms with Crippen molar-refractivity contribution in [3.63, 3.8) is 0 Å². The van der Waals surface area contributed by atoms with Crippen molar-refractivity contribution < 1.29 is 31.1 Å². The number of fused-ring (bicyclic) bond motifs is 1. The maximum atomic E-state index is 15.4. The van der Waals surface area contributed by atoms with Gasteiger partial charge in [0.05, 0.1) is 5.56 Å². The van der Waals surface area contributed by atoms with Crippen LogP contribution in [0.2, 0.25) is 0 Å². The van der Waals surface area contributed by atoms with Gasteiger partial charge in [-0.2, -0.15) is 0 Å². The van der Waals surface area contributed by atoms with Crippen LogP contribution in [0.5, 0.6) is 5.75 Å². The molecule has 1 aliphatic rings. The number of hydrogen-bond acceptors (Lipinski definition) is 1. The molecule has 0 heterocycles. The molecule has 3 aromatic carbocycles. The smallest absolute Gasteiger partial charge is 0.406 e. The average Bonchev–Trinajstić information content (AvgIpc) is 2.79. The van der Waals surface area contributed by atoms with Crippen molar-refractivity contribution in [1.82, 2.24) is 0 Å². The molecule has 1 nitrogen and oxygen atoms in total. The zero-order chi connectivity index (χ0) is 25.2. The zero-order valence-electron chi connectivity index (χ0n) is 19.3. The minimum Gasteiger partial charge on any atom is -0.406 e. The third-order valence-electron chi connectivity index (χ3n) is 6.57. The summed E-state index contributed by atoms with van der Waals surface area (Å²) >= 11 is 0. The van der Waals surface area contributed by atoms with Gasteiger partial charge in [0.2, 0.25) is 0 Å². The first-order chi connectivity index (χ1) is 16.7. The highest BCUT2D eigenvalue weighted by Gasteiger charge is 2.31. The molecule has 0 saturated carbocycles. The Morgan fingerprint density at radius 2 is 1.66 bits per heavy atom. The summed E-state index contributed by atoms with van der Waals surface area (Å²) in [5.41, 5.74) is 2.19. The molecule has 7 heteroatoms. The minimum absolute atomic E-state index is 0.115. The third-order valence-corrected chi connectivity index (χ3v) is 6.57. The highest BCUT2D eigenvalue weighted by molar-refractivity contribution is 5.67. The molecule has 1 aliphatic carbocycles. The quantitative estimate of drug-likeness (QED) is 0.237. The Balaban J connectivity index is 1.55. The Morgan fingerprint density at radius 1 is 0.914 bits per heavy atom. The van der Waals surface area contributed by atoms with Gasteiger partial charge in [-0.25, -0.2) is 13.2 Å². The number of unbranched alkanes of at least 4 members (excludes halogenated alkanes) is 2. The Kier molecular flexibility index (Phi) is 7.43. The van der Waals surface area contributed by atoms with Gasteiger partial charge >= 0.3 is 6.36 Å². The topological polar surface area (TPSA) is 9.23 Å². The summed E-state index contributed by atoms with van der Waals surface area (Å²) in [6.45, 7) is 2.11. The summed E-state index contributed by atoms with van der Waals surface area (Å²) in [5.74, 6) is -2.48. The predicted molar refractivity (Wildman–Crippen MR) is 123 cm³/mol. The standard InChI is InChI=1S/C28H26F6O/c1-2-3-4-5-17-6-12-22(24(29)14-17)19-9-13-23-20(15-19)16-25(30)26(27(23)31)18-7-10-21(11-8-18)35-28(32,33)34/h6-8,10-12,14,16,19H,2-5,9,13,15H2,1H3. The molecule has 0 N–H and O–H groups in total. The van der Waals surface area contributed by atoms with Gasteiger partial charge in [-0.05, 0) is 90.1 Å². The fourth-order valence-corrected chi connectivity index (χ4v) is 4.84. The lowest BCUT2D eigenvalue weighted by Gasteiger charge is -2.27. The average molecular weight is 493 g/mol. The van der Waals surface area contributed by atoms with Gasteiger partial charge in [0.15, 0.2) is 0 Å². The number of benzene rings is 3. The molecule has 0 spiro atoms. The van der Waals surface area contributed by atoms with Gasteiger partial charge in [0, 0.05) is 0 Å². The molecule has 186 valence electrons. The fourth-order valence-electron chi connectivity index (χ4n) is 4.84.